The fourth-order valence-electron chi connectivity index (χ4n) is 2.05. The normalized spacial score (nSPS) is 21.9. The van der Waals surface area contributed by atoms with Gasteiger partial charge in [-0.1, -0.05) is 12.2 Å². The number of carbonyl (C=O) groups is 2. The van der Waals surface area contributed by atoms with Crippen LogP contribution in [0.4, 0.5) is 5.82 Å². The molecule has 0 saturated heterocycles. The van der Waals surface area contributed by atoms with Gasteiger partial charge in [-0.15, -0.1) is 0 Å². The number of halogens is 1. The van der Waals surface area contributed by atoms with Gasteiger partial charge in [0, 0.05) is 10.7 Å². The Bertz CT molecular complexity index is 513. The van der Waals surface area contributed by atoms with E-state index in [2.05, 4.69) is 26.2 Å². The first kappa shape index (κ1) is 13.7. The Balaban J connectivity index is 2.08. The lowest BCUT2D eigenvalue weighted by atomic mass is 9.82. The minimum Gasteiger partial charge on any atom is -0.481 e. The summed E-state index contributed by atoms with van der Waals surface area (Å²) in [6.07, 6.45) is 6.06. The van der Waals surface area contributed by atoms with E-state index in [9.17, 15) is 9.59 Å². The van der Waals surface area contributed by atoms with E-state index in [1.807, 2.05) is 6.08 Å². The summed E-state index contributed by atoms with van der Waals surface area (Å²) in [5.74, 6) is -2.03. The van der Waals surface area contributed by atoms with Crippen LogP contribution in [-0.4, -0.2) is 22.0 Å². The number of nitrogens with one attached hydrogen (secondary N) is 1. The van der Waals surface area contributed by atoms with Crippen LogP contribution in [0.1, 0.15) is 12.8 Å². The molecule has 19 heavy (non-hydrogen) atoms. The lowest BCUT2D eigenvalue weighted by Gasteiger charge is -2.23. The number of carboxylic acid groups (broad SMARTS) is 1. The van der Waals surface area contributed by atoms with Gasteiger partial charge in [0.05, 0.1) is 11.8 Å². The Hall–Kier alpha value is -1.69. The Kier molecular flexibility index (Phi) is 4.31. The van der Waals surface area contributed by atoms with Crippen molar-refractivity contribution in [2.24, 2.45) is 11.8 Å². The minimum atomic E-state index is -0.937. The van der Waals surface area contributed by atoms with Crippen LogP contribution in [0, 0.1) is 11.8 Å². The third-order valence-electron chi connectivity index (χ3n) is 3.07. The van der Waals surface area contributed by atoms with Gasteiger partial charge in [0.2, 0.25) is 5.91 Å². The van der Waals surface area contributed by atoms with Gasteiger partial charge in [-0.3, -0.25) is 9.59 Å². The molecule has 0 fully saturated rings. The number of amides is 1. The fourth-order valence-corrected chi connectivity index (χ4v) is 2.28. The maximum atomic E-state index is 12.1. The summed E-state index contributed by atoms with van der Waals surface area (Å²) in [6, 6.07) is 3.43. The molecule has 1 aliphatic carbocycles. The number of aromatic nitrogens is 1. The monoisotopic (exact) mass is 324 g/mol. The molecule has 100 valence electrons. The number of hydrogen-bond acceptors (Lipinski definition) is 3. The SMILES string of the molecule is O=C(Nc1ccc(Br)cn1)[C@H]1CC=CC[C@H]1C(=O)O. The van der Waals surface area contributed by atoms with E-state index >= 15 is 0 Å². The average Bonchev–Trinajstić information content (AvgIpc) is 2.41. The molecule has 0 saturated carbocycles. The third-order valence-corrected chi connectivity index (χ3v) is 3.53. The van der Waals surface area contributed by atoms with Crippen LogP contribution in [0.2, 0.25) is 0 Å². The Morgan fingerprint density at radius 1 is 1.26 bits per heavy atom. The lowest BCUT2D eigenvalue weighted by Crippen LogP contribution is -2.34. The molecule has 0 unspecified atom stereocenters. The summed E-state index contributed by atoms with van der Waals surface area (Å²) in [6.45, 7) is 0. The molecular weight excluding hydrogens is 312 g/mol. The summed E-state index contributed by atoms with van der Waals surface area (Å²) in [4.78, 5) is 27.3. The van der Waals surface area contributed by atoms with E-state index < -0.39 is 17.8 Å². The van der Waals surface area contributed by atoms with Crippen LogP contribution in [0.25, 0.3) is 0 Å². The lowest BCUT2D eigenvalue weighted by molar-refractivity contribution is -0.146. The Labute approximate surface area is 118 Å². The molecular formula is C13H13BrN2O3. The van der Waals surface area contributed by atoms with Crippen molar-refractivity contribution in [2.75, 3.05) is 5.32 Å². The number of anilines is 1. The molecule has 1 aliphatic rings. The number of pyridine rings is 1. The maximum Gasteiger partial charge on any atom is 0.307 e. The van der Waals surface area contributed by atoms with Gasteiger partial charge < -0.3 is 10.4 Å². The van der Waals surface area contributed by atoms with Crippen LogP contribution in [0.5, 0.6) is 0 Å². The van der Waals surface area contributed by atoms with Crippen LogP contribution in [0.3, 0.4) is 0 Å². The zero-order chi connectivity index (χ0) is 13.8. The second-order valence-electron chi connectivity index (χ2n) is 4.34. The van der Waals surface area contributed by atoms with Gasteiger partial charge in [-0.25, -0.2) is 4.98 Å². The fraction of sp³-hybridized carbons (Fsp3) is 0.308. The van der Waals surface area contributed by atoms with Crippen molar-refractivity contribution < 1.29 is 14.7 Å². The minimum absolute atomic E-state index is 0.299. The number of rotatable bonds is 3. The van der Waals surface area contributed by atoms with E-state index in [0.717, 1.165) is 4.47 Å². The van der Waals surface area contributed by atoms with E-state index in [1.165, 1.54) is 0 Å². The number of carboxylic acids is 1. The van der Waals surface area contributed by atoms with Gasteiger partial charge in [-0.05, 0) is 40.9 Å². The average molecular weight is 325 g/mol. The summed E-state index contributed by atoms with van der Waals surface area (Å²) in [5.41, 5.74) is 0. The second kappa shape index (κ2) is 5.97. The standard InChI is InChI=1S/C13H13BrN2O3/c14-8-5-6-11(15-7-8)16-12(17)9-3-1-2-4-10(9)13(18)19/h1-2,5-7,9-10H,3-4H2,(H,18,19)(H,15,16,17)/t9-,10+/m0/s1. The van der Waals surface area contributed by atoms with Crippen molar-refractivity contribution in [3.63, 3.8) is 0 Å². The molecule has 5 nitrogen and oxygen atoms in total. The largest absolute Gasteiger partial charge is 0.481 e. The third kappa shape index (κ3) is 3.41. The number of nitrogens with zero attached hydrogens (tertiary/aromatic N) is 1. The summed E-state index contributed by atoms with van der Waals surface area (Å²) < 4.78 is 0.814. The zero-order valence-electron chi connectivity index (χ0n) is 10.0. The van der Waals surface area contributed by atoms with Crippen molar-refractivity contribution >= 4 is 33.6 Å². The number of aliphatic carboxylic acids is 1. The maximum absolute atomic E-state index is 12.1. The Morgan fingerprint density at radius 3 is 2.53 bits per heavy atom. The summed E-state index contributed by atoms with van der Waals surface area (Å²) >= 11 is 3.25. The van der Waals surface area contributed by atoms with E-state index in [4.69, 9.17) is 5.11 Å². The molecule has 1 amide bonds. The molecule has 0 aliphatic heterocycles. The van der Waals surface area contributed by atoms with Crippen LogP contribution >= 0.6 is 15.9 Å². The van der Waals surface area contributed by atoms with Gasteiger partial charge >= 0.3 is 5.97 Å². The molecule has 1 heterocycles. The highest BCUT2D eigenvalue weighted by molar-refractivity contribution is 9.10. The molecule has 0 radical (unpaired) electrons. The van der Waals surface area contributed by atoms with Crippen molar-refractivity contribution in [1.29, 1.82) is 0 Å². The summed E-state index contributed by atoms with van der Waals surface area (Å²) in [7, 11) is 0. The topological polar surface area (TPSA) is 79.3 Å². The molecule has 2 rings (SSSR count). The van der Waals surface area contributed by atoms with Gasteiger partial charge in [0.25, 0.3) is 0 Å². The summed E-state index contributed by atoms with van der Waals surface area (Å²) in [5, 5.41) is 11.8. The highest BCUT2D eigenvalue weighted by Crippen LogP contribution is 2.27. The van der Waals surface area contributed by atoms with Crippen molar-refractivity contribution in [1.82, 2.24) is 4.98 Å². The van der Waals surface area contributed by atoms with Crippen LogP contribution in [-0.2, 0) is 9.59 Å². The predicted molar refractivity (Wildman–Crippen MR) is 73.6 cm³/mol. The number of hydrogen-bond donors (Lipinski definition) is 2. The molecule has 1 aromatic rings. The molecule has 0 spiro atoms. The van der Waals surface area contributed by atoms with Gasteiger partial charge in [0.15, 0.2) is 0 Å². The van der Waals surface area contributed by atoms with Gasteiger partial charge in [-0.2, -0.15) is 0 Å². The first-order valence-electron chi connectivity index (χ1n) is 5.88. The molecule has 0 aromatic carbocycles. The number of carbonyl (C=O) groups excluding carboxylic acids is 1. The Morgan fingerprint density at radius 2 is 1.95 bits per heavy atom. The van der Waals surface area contributed by atoms with E-state index in [1.54, 1.807) is 24.4 Å². The molecule has 2 atom stereocenters. The highest BCUT2D eigenvalue weighted by atomic mass is 79.9. The first-order chi connectivity index (χ1) is 9.08. The predicted octanol–water partition coefficient (Wildman–Crippen LogP) is 2.45. The van der Waals surface area contributed by atoms with E-state index in [-0.39, 0.29) is 5.91 Å². The van der Waals surface area contributed by atoms with Crippen LogP contribution in [0.15, 0.2) is 35.0 Å². The van der Waals surface area contributed by atoms with E-state index in [0.29, 0.717) is 18.7 Å². The quantitative estimate of drug-likeness (QED) is 0.837. The van der Waals surface area contributed by atoms with Gasteiger partial charge in [0.1, 0.15) is 5.82 Å². The zero-order valence-corrected chi connectivity index (χ0v) is 11.6. The first-order valence-corrected chi connectivity index (χ1v) is 6.67. The van der Waals surface area contributed by atoms with Crippen molar-refractivity contribution in [3.05, 3.63) is 35.0 Å². The van der Waals surface area contributed by atoms with Crippen molar-refractivity contribution in [2.45, 2.75) is 12.8 Å². The highest BCUT2D eigenvalue weighted by Gasteiger charge is 2.33. The molecule has 2 N–H and O–H groups in total. The van der Waals surface area contributed by atoms with Crippen LogP contribution < -0.4 is 5.32 Å². The molecule has 1 aromatic heterocycles. The molecule has 0 bridgehead atoms. The smallest absolute Gasteiger partial charge is 0.307 e. The second-order valence-corrected chi connectivity index (χ2v) is 5.26. The number of allylic oxidation sites excluding steroid dienone is 2. The van der Waals surface area contributed by atoms with Crippen molar-refractivity contribution in [3.8, 4) is 0 Å². The molecule has 6 heteroatoms.